The lowest BCUT2D eigenvalue weighted by atomic mass is 10.1. The van der Waals surface area contributed by atoms with Crippen molar-refractivity contribution in [1.82, 2.24) is 5.32 Å². The molecule has 8 heteroatoms. The SMILES string of the molecule is Cc1ccc(C(N)C(=O)NCc2ccccc2OCC(F)(F)F)cc1.Cl. The second kappa shape index (κ2) is 9.45. The van der Waals surface area contributed by atoms with Gasteiger partial charge in [-0.2, -0.15) is 13.2 Å². The quantitative estimate of drug-likeness (QED) is 0.793. The lowest BCUT2D eigenvalue weighted by molar-refractivity contribution is -0.153. The number of para-hydroxylation sites is 1. The van der Waals surface area contributed by atoms with E-state index in [0.717, 1.165) is 5.56 Å². The van der Waals surface area contributed by atoms with E-state index in [1.807, 2.05) is 19.1 Å². The molecule has 0 spiro atoms. The second-order valence-corrected chi connectivity index (χ2v) is 5.62. The summed E-state index contributed by atoms with van der Waals surface area (Å²) in [5.41, 5.74) is 8.06. The van der Waals surface area contributed by atoms with E-state index in [0.29, 0.717) is 11.1 Å². The van der Waals surface area contributed by atoms with Gasteiger partial charge in [-0.15, -0.1) is 12.4 Å². The van der Waals surface area contributed by atoms with Crippen LogP contribution in [0.2, 0.25) is 0 Å². The fourth-order valence-electron chi connectivity index (χ4n) is 2.17. The molecule has 0 aliphatic carbocycles. The highest BCUT2D eigenvalue weighted by Gasteiger charge is 2.28. The van der Waals surface area contributed by atoms with E-state index in [-0.39, 0.29) is 24.7 Å². The Morgan fingerprint density at radius 3 is 2.38 bits per heavy atom. The number of nitrogens with two attached hydrogens (primary N) is 1. The van der Waals surface area contributed by atoms with Crippen LogP contribution in [0.5, 0.6) is 5.75 Å². The van der Waals surface area contributed by atoms with Crippen molar-refractivity contribution in [3.63, 3.8) is 0 Å². The van der Waals surface area contributed by atoms with Gasteiger partial charge in [0.25, 0.3) is 0 Å². The molecule has 2 rings (SSSR count). The van der Waals surface area contributed by atoms with Crippen molar-refractivity contribution < 1.29 is 22.7 Å². The standard InChI is InChI=1S/C18H19F3N2O2.ClH/c1-12-6-8-13(9-7-12)16(22)17(24)23-10-14-4-2-3-5-15(14)25-11-18(19,20)21;/h2-9,16H,10-11,22H2,1H3,(H,23,24);1H. The second-order valence-electron chi connectivity index (χ2n) is 5.62. The Labute approximate surface area is 155 Å². The third-order valence-electron chi connectivity index (χ3n) is 3.54. The average Bonchev–Trinajstić information content (AvgIpc) is 2.58. The lowest BCUT2D eigenvalue weighted by Crippen LogP contribution is -2.33. The number of carbonyl (C=O) groups is 1. The minimum Gasteiger partial charge on any atom is -0.484 e. The molecule has 2 aromatic carbocycles. The molecule has 0 fully saturated rings. The van der Waals surface area contributed by atoms with E-state index in [4.69, 9.17) is 10.5 Å². The van der Waals surface area contributed by atoms with Gasteiger partial charge < -0.3 is 15.8 Å². The van der Waals surface area contributed by atoms with E-state index in [1.54, 1.807) is 30.3 Å². The van der Waals surface area contributed by atoms with E-state index >= 15 is 0 Å². The fourth-order valence-corrected chi connectivity index (χ4v) is 2.17. The highest BCUT2D eigenvalue weighted by atomic mass is 35.5. The smallest absolute Gasteiger partial charge is 0.422 e. The third-order valence-corrected chi connectivity index (χ3v) is 3.54. The maximum atomic E-state index is 12.3. The molecule has 26 heavy (non-hydrogen) atoms. The molecular formula is C18H20ClF3N2O2. The summed E-state index contributed by atoms with van der Waals surface area (Å²) in [4.78, 5) is 12.2. The lowest BCUT2D eigenvalue weighted by Gasteiger charge is -2.15. The molecule has 0 aliphatic rings. The van der Waals surface area contributed by atoms with Crippen LogP contribution < -0.4 is 15.8 Å². The molecule has 0 heterocycles. The van der Waals surface area contributed by atoms with Crippen molar-refractivity contribution in [3.8, 4) is 5.75 Å². The van der Waals surface area contributed by atoms with Crippen LogP contribution in [0.1, 0.15) is 22.7 Å². The molecule has 1 amide bonds. The van der Waals surface area contributed by atoms with Crippen LogP contribution >= 0.6 is 12.4 Å². The van der Waals surface area contributed by atoms with Crippen LogP contribution in [-0.2, 0) is 11.3 Å². The summed E-state index contributed by atoms with van der Waals surface area (Å²) < 4.78 is 41.7. The molecule has 3 N–H and O–H groups in total. The summed E-state index contributed by atoms with van der Waals surface area (Å²) in [5, 5.41) is 2.62. The van der Waals surface area contributed by atoms with Crippen LogP contribution in [0.3, 0.4) is 0 Å². The van der Waals surface area contributed by atoms with Crippen LogP contribution in [0.15, 0.2) is 48.5 Å². The number of alkyl halides is 3. The Bertz CT molecular complexity index is 721. The molecule has 142 valence electrons. The molecule has 0 bridgehead atoms. The average molecular weight is 389 g/mol. The van der Waals surface area contributed by atoms with E-state index in [2.05, 4.69) is 5.32 Å². The van der Waals surface area contributed by atoms with Gasteiger partial charge in [0, 0.05) is 12.1 Å². The summed E-state index contributed by atoms with van der Waals surface area (Å²) in [6.07, 6.45) is -4.43. The molecule has 0 saturated heterocycles. The largest absolute Gasteiger partial charge is 0.484 e. The zero-order valence-corrected chi connectivity index (χ0v) is 14.9. The number of hydrogen-bond donors (Lipinski definition) is 2. The first kappa shape index (κ1) is 21.8. The summed E-state index contributed by atoms with van der Waals surface area (Å²) in [6.45, 7) is 0.556. The van der Waals surface area contributed by atoms with Crippen molar-refractivity contribution in [2.45, 2.75) is 25.7 Å². The van der Waals surface area contributed by atoms with Gasteiger partial charge in [-0.1, -0.05) is 48.0 Å². The van der Waals surface area contributed by atoms with Crippen molar-refractivity contribution in [2.75, 3.05) is 6.61 Å². The van der Waals surface area contributed by atoms with Crippen molar-refractivity contribution in [3.05, 3.63) is 65.2 Å². The highest BCUT2D eigenvalue weighted by Crippen LogP contribution is 2.22. The predicted octanol–water partition coefficient (Wildman–Crippen LogP) is 3.67. The van der Waals surface area contributed by atoms with Crippen molar-refractivity contribution in [2.24, 2.45) is 5.73 Å². The maximum Gasteiger partial charge on any atom is 0.422 e. The molecule has 2 aromatic rings. The Kier molecular flexibility index (Phi) is 7.92. The number of nitrogens with one attached hydrogen (secondary N) is 1. The Hall–Kier alpha value is -2.25. The molecule has 4 nitrogen and oxygen atoms in total. The van der Waals surface area contributed by atoms with Gasteiger partial charge in [0.15, 0.2) is 6.61 Å². The number of benzene rings is 2. The fraction of sp³-hybridized carbons (Fsp3) is 0.278. The van der Waals surface area contributed by atoms with Crippen LogP contribution in [0, 0.1) is 6.92 Å². The van der Waals surface area contributed by atoms with Gasteiger partial charge in [-0.3, -0.25) is 4.79 Å². The van der Waals surface area contributed by atoms with Crippen molar-refractivity contribution >= 4 is 18.3 Å². The number of carbonyl (C=O) groups excluding carboxylic acids is 1. The number of halogens is 4. The molecule has 1 unspecified atom stereocenters. The Morgan fingerprint density at radius 2 is 1.77 bits per heavy atom. The van der Waals surface area contributed by atoms with Crippen LogP contribution in [-0.4, -0.2) is 18.7 Å². The summed E-state index contributed by atoms with van der Waals surface area (Å²) >= 11 is 0. The van der Waals surface area contributed by atoms with Gasteiger partial charge in [0.05, 0.1) is 0 Å². The molecular weight excluding hydrogens is 369 g/mol. The van der Waals surface area contributed by atoms with E-state index in [9.17, 15) is 18.0 Å². The van der Waals surface area contributed by atoms with Gasteiger partial charge in [0.1, 0.15) is 11.8 Å². The normalized spacial score (nSPS) is 12.0. The van der Waals surface area contributed by atoms with Crippen LogP contribution in [0.25, 0.3) is 0 Å². The first-order chi connectivity index (χ1) is 11.8. The van der Waals surface area contributed by atoms with Gasteiger partial charge in [-0.05, 0) is 18.6 Å². The zero-order chi connectivity index (χ0) is 18.4. The Balaban J connectivity index is 0.00000338. The highest BCUT2D eigenvalue weighted by molar-refractivity contribution is 5.85. The van der Waals surface area contributed by atoms with Gasteiger partial charge >= 0.3 is 6.18 Å². The number of aryl methyl sites for hydroxylation is 1. The number of amides is 1. The minimum absolute atomic E-state index is 0. The molecule has 0 aliphatic heterocycles. The van der Waals surface area contributed by atoms with Crippen LogP contribution in [0.4, 0.5) is 13.2 Å². The van der Waals surface area contributed by atoms with Gasteiger partial charge in [-0.25, -0.2) is 0 Å². The van der Waals surface area contributed by atoms with E-state index in [1.165, 1.54) is 6.07 Å². The molecule has 0 saturated carbocycles. The van der Waals surface area contributed by atoms with Crippen molar-refractivity contribution in [1.29, 1.82) is 0 Å². The predicted molar refractivity (Wildman–Crippen MR) is 95.2 cm³/mol. The maximum absolute atomic E-state index is 12.3. The minimum atomic E-state index is -4.43. The topological polar surface area (TPSA) is 64.4 Å². The third kappa shape index (κ3) is 6.57. The Morgan fingerprint density at radius 1 is 1.15 bits per heavy atom. The first-order valence-corrected chi connectivity index (χ1v) is 7.63. The molecule has 1 atom stereocenters. The number of rotatable bonds is 6. The summed E-state index contributed by atoms with van der Waals surface area (Å²) in [7, 11) is 0. The summed E-state index contributed by atoms with van der Waals surface area (Å²) in [6, 6.07) is 12.6. The summed E-state index contributed by atoms with van der Waals surface area (Å²) in [5.74, 6) is -0.349. The number of hydrogen-bond acceptors (Lipinski definition) is 3. The molecule has 0 radical (unpaired) electrons. The zero-order valence-electron chi connectivity index (χ0n) is 14.0. The van der Waals surface area contributed by atoms with E-state index < -0.39 is 24.7 Å². The molecule has 0 aromatic heterocycles. The number of ether oxygens (including phenoxy) is 1. The monoisotopic (exact) mass is 388 g/mol. The van der Waals surface area contributed by atoms with Gasteiger partial charge in [0.2, 0.25) is 5.91 Å². The first-order valence-electron chi connectivity index (χ1n) is 7.63.